The van der Waals surface area contributed by atoms with Crippen molar-refractivity contribution in [1.82, 2.24) is 29.5 Å². The molecule has 0 bridgehead atoms. The van der Waals surface area contributed by atoms with Gasteiger partial charge in [0.05, 0.1) is 0 Å². The van der Waals surface area contributed by atoms with Crippen LogP contribution < -0.4 is 5.32 Å². The summed E-state index contributed by atoms with van der Waals surface area (Å²) in [4.78, 5) is 27.5. The summed E-state index contributed by atoms with van der Waals surface area (Å²) in [5, 5.41) is 7.89. The second-order valence-electron chi connectivity index (χ2n) is 7.41. The van der Waals surface area contributed by atoms with E-state index in [4.69, 9.17) is 0 Å². The van der Waals surface area contributed by atoms with Gasteiger partial charge in [-0.05, 0) is 37.8 Å². The van der Waals surface area contributed by atoms with Gasteiger partial charge >= 0.3 is 0 Å². The van der Waals surface area contributed by atoms with Gasteiger partial charge in [-0.1, -0.05) is 6.92 Å². The fourth-order valence-electron chi connectivity index (χ4n) is 3.44. The summed E-state index contributed by atoms with van der Waals surface area (Å²) in [5.74, 6) is 2.81. The molecule has 1 saturated heterocycles. The molecule has 0 spiro atoms. The Morgan fingerprint density at radius 1 is 1.29 bits per heavy atom. The zero-order chi connectivity index (χ0) is 19.5. The number of pyridine rings is 1. The Balaban J connectivity index is 1.46. The number of nitrogens with one attached hydrogen (secondary N) is 1. The molecule has 0 radical (unpaired) electrons. The second kappa shape index (κ2) is 7.92. The second-order valence-corrected chi connectivity index (χ2v) is 7.41. The molecule has 1 fully saturated rings. The minimum absolute atomic E-state index is 0.205. The average Bonchev–Trinajstić information content (AvgIpc) is 3.13. The molecule has 28 heavy (non-hydrogen) atoms. The first kappa shape index (κ1) is 18.3. The van der Waals surface area contributed by atoms with Gasteiger partial charge in [0.2, 0.25) is 5.91 Å². The van der Waals surface area contributed by atoms with Gasteiger partial charge in [-0.3, -0.25) is 9.78 Å². The summed E-state index contributed by atoms with van der Waals surface area (Å²) < 4.78 is 1.68. The van der Waals surface area contributed by atoms with Crippen LogP contribution in [0.2, 0.25) is 0 Å². The van der Waals surface area contributed by atoms with Crippen LogP contribution in [0.25, 0.3) is 17.2 Å². The van der Waals surface area contributed by atoms with Crippen molar-refractivity contribution in [2.45, 2.75) is 33.1 Å². The molecule has 0 atom stereocenters. The van der Waals surface area contributed by atoms with Crippen LogP contribution >= 0.6 is 0 Å². The molecule has 4 heterocycles. The third kappa shape index (κ3) is 3.95. The number of fused-ring (bicyclic) bond motifs is 1. The lowest BCUT2D eigenvalue weighted by Gasteiger charge is -2.30. The fraction of sp³-hybridized carbons (Fsp3) is 0.450. The van der Waals surface area contributed by atoms with Crippen molar-refractivity contribution in [3.05, 3.63) is 36.3 Å². The normalized spacial score (nSPS) is 15.1. The van der Waals surface area contributed by atoms with Crippen LogP contribution in [0, 0.1) is 12.8 Å². The number of amides is 1. The molecule has 0 aromatic carbocycles. The van der Waals surface area contributed by atoms with Gasteiger partial charge < -0.3 is 10.2 Å². The molecule has 3 aromatic heterocycles. The van der Waals surface area contributed by atoms with E-state index >= 15 is 0 Å². The largest absolute Gasteiger partial charge is 0.369 e. The standard InChI is InChI=1S/C20H25N7O/c1-14-6-10-26(11-7-14)18(28)5-9-22-17-12-15(2)23-20-24-19(25-27(17)20)16-4-3-8-21-13-16/h3-4,8,12-14,22H,5-7,9-11H2,1-2H3. The number of rotatable bonds is 5. The van der Waals surface area contributed by atoms with E-state index < -0.39 is 0 Å². The summed E-state index contributed by atoms with van der Waals surface area (Å²) in [6, 6.07) is 5.69. The van der Waals surface area contributed by atoms with Crippen LogP contribution in [-0.2, 0) is 4.79 Å². The molecule has 0 unspecified atom stereocenters. The van der Waals surface area contributed by atoms with Crippen molar-refractivity contribution >= 4 is 17.5 Å². The van der Waals surface area contributed by atoms with Gasteiger partial charge in [-0.15, -0.1) is 5.10 Å². The molecule has 8 heteroatoms. The maximum Gasteiger partial charge on any atom is 0.254 e. The number of carbonyl (C=O) groups excluding carboxylic acids is 1. The number of hydrogen-bond donors (Lipinski definition) is 1. The van der Waals surface area contributed by atoms with Crippen LogP contribution in [0.1, 0.15) is 31.9 Å². The molecule has 0 saturated carbocycles. The Morgan fingerprint density at radius 3 is 2.86 bits per heavy atom. The molecule has 3 aromatic rings. The summed E-state index contributed by atoms with van der Waals surface area (Å²) in [7, 11) is 0. The minimum atomic E-state index is 0.205. The van der Waals surface area contributed by atoms with E-state index in [0.717, 1.165) is 48.9 Å². The van der Waals surface area contributed by atoms with Crippen LogP contribution in [-0.4, -0.2) is 55.0 Å². The van der Waals surface area contributed by atoms with E-state index in [2.05, 4.69) is 32.3 Å². The van der Waals surface area contributed by atoms with Gasteiger partial charge in [0, 0.05) is 55.8 Å². The van der Waals surface area contributed by atoms with Gasteiger partial charge in [-0.25, -0.2) is 4.98 Å². The number of aromatic nitrogens is 5. The first-order chi connectivity index (χ1) is 13.6. The molecule has 8 nitrogen and oxygen atoms in total. The Hall–Kier alpha value is -3.03. The van der Waals surface area contributed by atoms with E-state index in [0.29, 0.717) is 24.6 Å². The lowest BCUT2D eigenvalue weighted by atomic mass is 9.99. The topological polar surface area (TPSA) is 88.3 Å². The predicted molar refractivity (Wildman–Crippen MR) is 107 cm³/mol. The summed E-state index contributed by atoms with van der Waals surface area (Å²) in [6.45, 7) is 6.46. The van der Waals surface area contributed by atoms with Crippen molar-refractivity contribution in [2.24, 2.45) is 5.92 Å². The summed E-state index contributed by atoms with van der Waals surface area (Å²) in [5.41, 5.74) is 1.68. The molecular formula is C20H25N7O. The maximum absolute atomic E-state index is 12.4. The van der Waals surface area contributed by atoms with Crippen molar-refractivity contribution < 1.29 is 4.79 Å². The third-order valence-electron chi connectivity index (χ3n) is 5.14. The lowest BCUT2D eigenvalue weighted by molar-refractivity contribution is -0.132. The Morgan fingerprint density at radius 2 is 2.11 bits per heavy atom. The number of aryl methyl sites for hydroxylation is 1. The monoisotopic (exact) mass is 379 g/mol. The van der Waals surface area contributed by atoms with Crippen LogP contribution in [0.5, 0.6) is 0 Å². The van der Waals surface area contributed by atoms with Crippen molar-refractivity contribution in [3.8, 4) is 11.4 Å². The highest BCUT2D eigenvalue weighted by molar-refractivity contribution is 5.76. The van der Waals surface area contributed by atoms with Crippen LogP contribution in [0.15, 0.2) is 30.6 Å². The molecule has 1 N–H and O–H groups in total. The van der Waals surface area contributed by atoms with Crippen molar-refractivity contribution in [3.63, 3.8) is 0 Å². The van der Waals surface area contributed by atoms with Gasteiger partial charge in [0.1, 0.15) is 5.82 Å². The smallest absolute Gasteiger partial charge is 0.254 e. The Kier molecular flexibility index (Phi) is 5.18. The van der Waals surface area contributed by atoms with E-state index in [1.54, 1.807) is 16.9 Å². The van der Waals surface area contributed by atoms with E-state index in [1.165, 1.54) is 0 Å². The highest BCUT2D eigenvalue weighted by Gasteiger charge is 2.20. The zero-order valence-corrected chi connectivity index (χ0v) is 16.3. The molecule has 1 aliphatic heterocycles. The average molecular weight is 379 g/mol. The highest BCUT2D eigenvalue weighted by atomic mass is 16.2. The molecule has 1 amide bonds. The van der Waals surface area contributed by atoms with Gasteiger partial charge in [0.15, 0.2) is 5.82 Å². The Labute approximate surface area is 164 Å². The molecule has 1 aliphatic rings. The quantitative estimate of drug-likeness (QED) is 0.733. The highest BCUT2D eigenvalue weighted by Crippen LogP contribution is 2.19. The maximum atomic E-state index is 12.4. The number of carbonyl (C=O) groups is 1. The minimum Gasteiger partial charge on any atom is -0.369 e. The lowest BCUT2D eigenvalue weighted by Crippen LogP contribution is -2.38. The number of nitrogens with zero attached hydrogens (tertiary/aromatic N) is 6. The number of hydrogen-bond acceptors (Lipinski definition) is 6. The summed E-state index contributed by atoms with van der Waals surface area (Å²) in [6.07, 6.45) is 6.10. The number of piperidine rings is 1. The van der Waals surface area contributed by atoms with Gasteiger partial charge in [0.25, 0.3) is 5.78 Å². The number of anilines is 1. The van der Waals surface area contributed by atoms with Crippen LogP contribution in [0.4, 0.5) is 5.82 Å². The van der Waals surface area contributed by atoms with Crippen LogP contribution in [0.3, 0.4) is 0 Å². The fourth-order valence-corrected chi connectivity index (χ4v) is 3.44. The summed E-state index contributed by atoms with van der Waals surface area (Å²) >= 11 is 0. The van der Waals surface area contributed by atoms with E-state index in [1.807, 2.05) is 30.0 Å². The predicted octanol–water partition coefficient (Wildman–Crippen LogP) is 2.56. The van der Waals surface area contributed by atoms with E-state index in [9.17, 15) is 4.79 Å². The Bertz CT molecular complexity index is 961. The molecule has 146 valence electrons. The first-order valence-electron chi connectivity index (χ1n) is 9.76. The van der Waals surface area contributed by atoms with E-state index in [-0.39, 0.29) is 5.91 Å². The first-order valence-corrected chi connectivity index (χ1v) is 9.76. The molecule has 4 rings (SSSR count). The molecular weight excluding hydrogens is 354 g/mol. The SMILES string of the molecule is Cc1cc(NCCC(=O)N2CCC(C)CC2)n2nc(-c3cccnc3)nc2n1. The van der Waals surface area contributed by atoms with Crippen molar-refractivity contribution in [1.29, 1.82) is 0 Å². The van der Waals surface area contributed by atoms with Crippen molar-refractivity contribution in [2.75, 3.05) is 25.0 Å². The zero-order valence-electron chi connectivity index (χ0n) is 16.3. The van der Waals surface area contributed by atoms with Gasteiger partial charge in [-0.2, -0.15) is 9.50 Å². The number of likely N-dealkylation sites (tertiary alicyclic amines) is 1. The molecule has 0 aliphatic carbocycles. The third-order valence-corrected chi connectivity index (χ3v) is 5.14.